The van der Waals surface area contributed by atoms with Crippen molar-refractivity contribution in [3.8, 4) is 0 Å². The van der Waals surface area contributed by atoms with E-state index in [4.69, 9.17) is 9.63 Å². The van der Waals surface area contributed by atoms with Gasteiger partial charge in [-0.1, -0.05) is 0 Å². The minimum absolute atomic E-state index is 0.0311. The lowest BCUT2D eigenvalue weighted by Gasteiger charge is -2.25. The van der Waals surface area contributed by atoms with Crippen molar-refractivity contribution in [1.29, 1.82) is 0 Å². The molecule has 3 unspecified atom stereocenters. The molecule has 0 fully saturated rings. The van der Waals surface area contributed by atoms with Crippen molar-refractivity contribution < 1.29 is 38.2 Å². The number of hydrogen-bond acceptors (Lipinski definition) is 6. The van der Waals surface area contributed by atoms with Crippen LogP contribution in [0.1, 0.15) is 6.92 Å². The van der Waals surface area contributed by atoms with Crippen molar-refractivity contribution in [3.63, 3.8) is 0 Å². The van der Waals surface area contributed by atoms with Gasteiger partial charge in [-0.2, -0.15) is 0 Å². The fourth-order valence-electron chi connectivity index (χ4n) is 1.04. The van der Waals surface area contributed by atoms with Crippen LogP contribution in [0.2, 0.25) is 0 Å². The molecule has 0 spiro atoms. The Bertz CT molecular complexity index is 353. The van der Waals surface area contributed by atoms with E-state index in [1.54, 1.807) is 0 Å². The molecule has 0 aliphatic rings. The number of hydrogen-bond donors (Lipinski definition) is 3. The highest BCUT2D eigenvalue weighted by Crippen LogP contribution is 2.41. The fraction of sp³-hybridized carbons (Fsp3) is 0.909. The molecule has 3 N–H and O–H groups in total. The number of aliphatic hydroxyl groups excluding tert-OH is 2. The van der Waals surface area contributed by atoms with Gasteiger partial charge in [-0.05, 0) is 6.92 Å². The van der Waals surface area contributed by atoms with Crippen molar-refractivity contribution in [2.45, 2.75) is 19.1 Å². The summed E-state index contributed by atoms with van der Waals surface area (Å²) in [4.78, 5) is 20.5. The van der Waals surface area contributed by atoms with Crippen LogP contribution in [0, 0.1) is 0 Å². The third kappa shape index (κ3) is 10.3. The molecule has 0 aromatic carbocycles. The molecule has 3 atom stereocenters. The summed E-state index contributed by atoms with van der Waals surface area (Å²) >= 11 is 0. The SMILES string of the molecule is CC(O)C(=O)OCC(O)COP(=O)(O)CC[N+](C)(C)C. The minimum Gasteiger partial charge on any atom is -0.461 e. The number of rotatable bonds is 9. The van der Waals surface area contributed by atoms with Crippen molar-refractivity contribution in [3.05, 3.63) is 0 Å². The highest BCUT2D eigenvalue weighted by Gasteiger charge is 2.25. The average molecular weight is 314 g/mol. The van der Waals surface area contributed by atoms with Crippen molar-refractivity contribution in [1.82, 2.24) is 0 Å². The molecule has 0 saturated carbocycles. The summed E-state index contributed by atoms with van der Waals surface area (Å²) in [6, 6.07) is 0. The third-order valence-corrected chi connectivity index (χ3v) is 3.60. The van der Waals surface area contributed by atoms with Crippen LogP contribution in [-0.4, -0.2) is 84.8 Å². The zero-order valence-corrected chi connectivity index (χ0v) is 13.2. The number of carbonyl (C=O) groups excluding carboxylic acids is 1. The molecule has 20 heavy (non-hydrogen) atoms. The molecule has 0 heterocycles. The van der Waals surface area contributed by atoms with Crippen molar-refractivity contribution >= 4 is 13.6 Å². The van der Waals surface area contributed by atoms with Gasteiger partial charge in [0.05, 0.1) is 40.5 Å². The van der Waals surface area contributed by atoms with E-state index in [1.807, 2.05) is 21.1 Å². The number of nitrogens with zero attached hydrogens (tertiary/aromatic N) is 1. The van der Waals surface area contributed by atoms with Crippen LogP contribution in [0.5, 0.6) is 0 Å². The fourth-order valence-corrected chi connectivity index (χ4v) is 2.43. The number of ether oxygens (including phenoxy) is 1. The van der Waals surface area contributed by atoms with E-state index >= 15 is 0 Å². The highest BCUT2D eigenvalue weighted by molar-refractivity contribution is 7.52. The summed E-state index contributed by atoms with van der Waals surface area (Å²) in [6.45, 7) is 0.857. The summed E-state index contributed by atoms with van der Waals surface area (Å²) in [6.07, 6.45) is -2.53. The first-order chi connectivity index (χ1) is 8.93. The molecular formula is C11H25NO7P+. The Labute approximate surface area is 119 Å². The molecule has 0 aromatic heterocycles. The number of aliphatic hydroxyl groups is 2. The van der Waals surface area contributed by atoms with Gasteiger partial charge < -0.3 is 28.9 Å². The first-order valence-electron chi connectivity index (χ1n) is 6.22. The summed E-state index contributed by atoms with van der Waals surface area (Å²) < 4.78 is 21.5. The van der Waals surface area contributed by atoms with E-state index in [-0.39, 0.29) is 6.16 Å². The largest absolute Gasteiger partial charge is 0.461 e. The van der Waals surface area contributed by atoms with E-state index in [1.165, 1.54) is 6.92 Å². The van der Waals surface area contributed by atoms with Gasteiger partial charge in [0.1, 0.15) is 18.8 Å². The lowest BCUT2D eigenvalue weighted by atomic mass is 10.4. The van der Waals surface area contributed by atoms with Crippen LogP contribution in [0.4, 0.5) is 0 Å². The van der Waals surface area contributed by atoms with E-state index in [9.17, 15) is 19.4 Å². The lowest BCUT2D eigenvalue weighted by molar-refractivity contribution is -0.867. The molecule has 0 amide bonds. The topological polar surface area (TPSA) is 113 Å². The van der Waals surface area contributed by atoms with Crippen LogP contribution in [0.25, 0.3) is 0 Å². The quantitative estimate of drug-likeness (QED) is 0.289. The second-order valence-corrected chi connectivity index (χ2v) is 7.61. The number of quaternary nitrogens is 1. The van der Waals surface area contributed by atoms with Gasteiger partial charge in [-0.25, -0.2) is 4.79 Å². The summed E-state index contributed by atoms with van der Waals surface area (Å²) in [5.74, 6) is -0.874. The zero-order chi connectivity index (χ0) is 16.0. The Morgan fingerprint density at radius 2 is 1.80 bits per heavy atom. The van der Waals surface area contributed by atoms with Gasteiger partial charge in [0, 0.05) is 0 Å². The Morgan fingerprint density at radius 1 is 1.25 bits per heavy atom. The predicted octanol–water partition coefficient (Wildman–Crippen LogP) is -0.820. The van der Waals surface area contributed by atoms with Crippen LogP contribution >= 0.6 is 7.60 Å². The smallest absolute Gasteiger partial charge is 0.334 e. The second-order valence-electron chi connectivity index (χ2n) is 5.63. The Morgan fingerprint density at radius 3 is 2.25 bits per heavy atom. The lowest BCUT2D eigenvalue weighted by Crippen LogP contribution is -2.37. The molecule has 0 saturated heterocycles. The molecule has 0 aromatic rings. The van der Waals surface area contributed by atoms with E-state index in [0.717, 1.165) is 0 Å². The molecule has 0 aliphatic heterocycles. The minimum atomic E-state index is -3.77. The Kier molecular flexibility index (Phi) is 7.87. The third-order valence-electron chi connectivity index (χ3n) is 2.28. The van der Waals surface area contributed by atoms with E-state index < -0.39 is 39.0 Å². The molecule has 0 rings (SSSR count). The van der Waals surface area contributed by atoms with Crippen molar-refractivity contribution in [2.75, 3.05) is 47.1 Å². The molecule has 120 valence electrons. The maximum absolute atomic E-state index is 11.7. The highest BCUT2D eigenvalue weighted by atomic mass is 31.2. The monoisotopic (exact) mass is 314 g/mol. The van der Waals surface area contributed by atoms with Gasteiger partial charge in [0.15, 0.2) is 0 Å². The first-order valence-corrected chi connectivity index (χ1v) is 7.99. The van der Waals surface area contributed by atoms with E-state index in [0.29, 0.717) is 11.0 Å². The summed E-state index contributed by atoms with van der Waals surface area (Å²) in [5.41, 5.74) is 0. The molecule has 0 aliphatic carbocycles. The normalized spacial score (nSPS) is 18.1. The summed E-state index contributed by atoms with van der Waals surface area (Å²) in [7, 11) is 1.86. The Balaban J connectivity index is 4.01. The predicted molar refractivity (Wildman–Crippen MR) is 72.2 cm³/mol. The standard InChI is InChI=1S/C11H24NO7P/c1-9(13)11(15)18-7-10(14)8-19-20(16,17)6-5-12(2,3)4/h9-10,13-14H,5-8H2,1-4H3/p+1. The maximum atomic E-state index is 11.7. The van der Waals surface area contributed by atoms with Crippen molar-refractivity contribution in [2.24, 2.45) is 0 Å². The molecular weight excluding hydrogens is 289 g/mol. The van der Waals surface area contributed by atoms with Crippen LogP contribution < -0.4 is 0 Å². The molecule has 8 nitrogen and oxygen atoms in total. The molecule has 9 heteroatoms. The molecule has 0 radical (unpaired) electrons. The summed E-state index contributed by atoms with van der Waals surface area (Å²) in [5, 5.41) is 18.3. The second kappa shape index (κ2) is 8.07. The van der Waals surface area contributed by atoms with E-state index in [2.05, 4.69) is 4.74 Å². The average Bonchev–Trinajstić information content (AvgIpc) is 2.30. The van der Waals surface area contributed by atoms with Gasteiger partial charge in [-0.3, -0.25) is 4.57 Å². The van der Waals surface area contributed by atoms with Crippen LogP contribution in [-0.2, 0) is 18.6 Å². The van der Waals surface area contributed by atoms with Gasteiger partial charge in [-0.15, -0.1) is 0 Å². The maximum Gasteiger partial charge on any atom is 0.334 e. The number of esters is 1. The molecule has 0 bridgehead atoms. The Hall–Kier alpha value is -0.500. The van der Waals surface area contributed by atoms with Gasteiger partial charge >= 0.3 is 13.6 Å². The van der Waals surface area contributed by atoms with Crippen LogP contribution in [0.15, 0.2) is 0 Å². The number of carbonyl (C=O) groups is 1. The van der Waals surface area contributed by atoms with Gasteiger partial charge in [0.2, 0.25) is 0 Å². The zero-order valence-electron chi connectivity index (χ0n) is 12.4. The first kappa shape index (κ1) is 19.5. The van der Waals surface area contributed by atoms with Gasteiger partial charge in [0.25, 0.3) is 0 Å². The van der Waals surface area contributed by atoms with Crippen LogP contribution in [0.3, 0.4) is 0 Å².